The molecule has 1 aliphatic heterocycles. The van der Waals surface area contributed by atoms with Gasteiger partial charge >= 0.3 is 0 Å². The number of fused-ring (bicyclic) bond motifs is 1. The molecule has 11 nitrogen and oxygen atoms in total. The van der Waals surface area contributed by atoms with Crippen molar-refractivity contribution in [2.75, 3.05) is 39.3 Å². The third-order valence-electron chi connectivity index (χ3n) is 4.29. The Balaban J connectivity index is 1.74. The number of ether oxygens (including phenoxy) is 4. The van der Waals surface area contributed by atoms with Crippen molar-refractivity contribution < 1.29 is 24.1 Å². The highest BCUT2D eigenvalue weighted by atomic mass is 16.6. The quantitative estimate of drug-likeness (QED) is 0.362. The van der Waals surface area contributed by atoms with E-state index in [0.29, 0.717) is 19.6 Å². The monoisotopic (exact) mass is 393 g/mol. The van der Waals surface area contributed by atoms with Crippen LogP contribution in [0.25, 0.3) is 11.2 Å². The van der Waals surface area contributed by atoms with Gasteiger partial charge in [0, 0.05) is 13.7 Å². The molecule has 3 rings (SSSR count). The number of methoxy groups -OCH3 is 1. The molecule has 0 saturated carbocycles. The number of nitrogens with one attached hydrogen (secondary N) is 1. The highest BCUT2D eigenvalue weighted by molar-refractivity contribution is 5.70. The van der Waals surface area contributed by atoms with Crippen molar-refractivity contribution in [2.24, 2.45) is 0 Å². The van der Waals surface area contributed by atoms with E-state index in [4.69, 9.17) is 31.1 Å². The molecule has 0 spiro atoms. The number of H-pyrrole nitrogens is 1. The first kappa shape index (κ1) is 20.2. The Morgan fingerprint density at radius 2 is 2.32 bits per heavy atom. The number of aliphatic hydroxyl groups excluding tert-OH is 1. The fourth-order valence-electron chi connectivity index (χ4n) is 3.09. The Labute approximate surface area is 160 Å². The van der Waals surface area contributed by atoms with Gasteiger partial charge in [0.2, 0.25) is 5.95 Å². The van der Waals surface area contributed by atoms with E-state index in [1.807, 2.05) is 0 Å². The Morgan fingerprint density at radius 3 is 3.07 bits per heavy atom. The van der Waals surface area contributed by atoms with Gasteiger partial charge in [0.1, 0.15) is 24.9 Å². The topological polar surface area (TPSA) is 147 Å². The number of terminal acetylenes is 1. The van der Waals surface area contributed by atoms with Gasteiger partial charge in [0.15, 0.2) is 17.4 Å². The standard InChI is InChI=1S/C17H23N5O6/c1-3-5-26-6-4-7-27-13-10(8-25-2)28-16(12(13)23)22-9-19-11-14(22)20-17(18)21-15(11)24/h1,9-10,12-13,16,23H,4-8H2,2H3,(H3,18,20,21,24). The van der Waals surface area contributed by atoms with Crippen molar-refractivity contribution in [1.82, 2.24) is 19.5 Å². The minimum absolute atomic E-state index is 0.0556. The molecule has 4 N–H and O–H groups in total. The Kier molecular flexibility index (Phi) is 6.61. The summed E-state index contributed by atoms with van der Waals surface area (Å²) in [6.07, 6.45) is 4.04. The lowest BCUT2D eigenvalue weighted by Crippen LogP contribution is -2.37. The Bertz CT molecular complexity index is 890. The molecule has 11 heteroatoms. The molecule has 0 aromatic carbocycles. The minimum atomic E-state index is -1.04. The molecule has 1 fully saturated rings. The number of rotatable bonds is 9. The summed E-state index contributed by atoms with van der Waals surface area (Å²) in [6.45, 7) is 1.25. The molecule has 2 aromatic rings. The smallest absolute Gasteiger partial charge is 0.280 e. The molecule has 3 heterocycles. The number of hydrogen-bond acceptors (Lipinski definition) is 9. The second kappa shape index (κ2) is 9.13. The summed E-state index contributed by atoms with van der Waals surface area (Å²) in [5.41, 5.74) is 5.47. The van der Waals surface area contributed by atoms with Crippen LogP contribution in [-0.4, -0.2) is 76.5 Å². The van der Waals surface area contributed by atoms with Crippen LogP contribution in [0.15, 0.2) is 11.1 Å². The molecule has 0 aliphatic carbocycles. The highest BCUT2D eigenvalue weighted by Gasteiger charge is 2.46. The van der Waals surface area contributed by atoms with E-state index < -0.39 is 30.1 Å². The predicted molar refractivity (Wildman–Crippen MR) is 98.4 cm³/mol. The van der Waals surface area contributed by atoms with E-state index in [9.17, 15) is 9.90 Å². The number of aromatic amines is 1. The molecule has 2 aromatic heterocycles. The molecular formula is C17H23N5O6. The average Bonchev–Trinajstić information content (AvgIpc) is 3.20. The van der Waals surface area contributed by atoms with Crippen molar-refractivity contribution in [3.8, 4) is 12.3 Å². The van der Waals surface area contributed by atoms with Crippen LogP contribution in [0, 0.1) is 12.3 Å². The summed E-state index contributed by atoms with van der Waals surface area (Å²) in [5, 5.41) is 10.8. The molecule has 28 heavy (non-hydrogen) atoms. The lowest BCUT2D eigenvalue weighted by molar-refractivity contribution is -0.0700. The van der Waals surface area contributed by atoms with Gasteiger partial charge in [-0.1, -0.05) is 5.92 Å². The number of anilines is 1. The molecule has 0 bridgehead atoms. The average molecular weight is 393 g/mol. The van der Waals surface area contributed by atoms with Gasteiger partial charge in [-0.15, -0.1) is 6.42 Å². The molecular weight excluding hydrogens is 370 g/mol. The van der Waals surface area contributed by atoms with Gasteiger partial charge in [-0.2, -0.15) is 4.98 Å². The number of nitrogens with zero attached hydrogens (tertiary/aromatic N) is 3. The van der Waals surface area contributed by atoms with Crippen LogP contribution in [0.5, 0.6) is 0 Å². The van der Waals surface area contributed by atoms with Crippen molar-refractivity contribution in [2.45, 2.75) is 31.0 Å². The summed E-state index contributed by atoms with van der Waals surface area (Å²) >= 11 is 0. The van der Waals surface area contributed by atoms with Crippen molar-refractivity contribution >= 4 is 17.1 Å². The zero-order valence-corrected chi connectivity index (χ0v) is 15.4. The fourth-order valence-corrected chi connectivity index (χ4v) is 3.09. The molecule has 4 unspecified atom stereocenters. The second-order valence-corrected chi connectivity index (χ2v) is 6.23. The maximum absolute atomic E-state index is 12.0. The molecule has 0 amide bonds. The van der Waals surface area contributed by atoms with E-state index in [2.05, 4.69) is 20.9 Å². The number of aliphatic hydroxyl groups is 1. The van der Waals surface area contributed by atoms with Crippen molar-refractivity contribution in [3.05, 3.63) is 16.7 Å². The molecule has 1 saturated heterocycles. The molecule has 0 radical (unpaired) electrons. The largest absolute Gasteiger partial charge is 0.386 e. The van der Waals surface area contributed by atoms with E-state index in [1.54, 1.807) is 0 Å². The third kappa shape index (κ3) is 4.16. The Morgan fingerprint density at radius 1 is 1.50 bits per heavy atom. The SMILES string of the molecule is C#CCOCCCOC1C(COC)OC(n2cnc3c(=O)[nH]c(N)nc32)C1O. The van der Waals surface area contributed by atoms with Crippen LogP contribution in [0.1, 0.15) is 12.6 Å². The van der Waals surface area contributed by atoms with Crippen LogP contribution in [0.4, 0.5) is 5.95 Å². The maximum Gasteiger partial charge on any atom is 0.280 e. The zero-order valence-electron chi connectivity index (χ0n) is 15.4. The molecule has 152 valence electrons. The first-order chi connectivity index (χ1) is 13.6. The first-order valence-corrected chi connectivity index (χ1v) is 8.74. The summed E-state index contributed by atoms with van der Waals surface area (Å²) in [4.78, 5) is 22.5. The second-order valence-electron chi connectivity index (χ2n) is 6.23. The van der Waals surface area contributed by atoms with E-state index >= 15 is 0 Å². The lowest BCUT2D eigenvalue weighted by atomic mass is 10.1. The van der Waals surface area contributed by atoms with Crippen LogP contribution < -0.4 is 11.3 Å². The highest BCUT2D eigenvalue weighted by Crippen LogP contribution is 2.33. The summed E-state index contributed by atoms with van der Waals surface area (Å²) in [6, 6.07) is 0. The van der Waals surface area contributed by atoms with Crippen LogP contribution in [-0.2, 0) is 18.9 Å². The van der Waals surface area contributed by atoms with Crippen molar-refractivity contribution in [3.63, 3.8) is 0 Å². The number of hydrogen-bond donors (Lipinski definition) is 3. The Hall–Kier alpha value is -2.49. The van der Waals surface area contributed by atoms with Crippen LogP contribution in [0.3, 0.4) is 0 Å². The molecule has 4 atom stereocenters. The number of nitrogen functional groups attached to an aromatic ring is 1. The van der Waals surface area contributed by atoms with Gasteiger partial charge in [0.05, 0.1) is 19.5 Å². The third-order valence-corrected chi connectivity index (χ3v) is 4.29. The van der Waals surface area contributed by atoms with E-state index in [0.717, 1.165) is 0 Å². The van der Waals surface area contributed by atoms with Gasteiger partial charge in [-0.3, -0.25) is 14.3 Å². The van der Waals surface area contributed by atoms with Crippen molar-refractivity contribution in [1.29, 1.82) is 0 Å². The normalized spacial score (nSPS) is 24.6. The minimum Gasteiger partial charge on any atom is -0.386 e. The zero-order chi connectivity index (χ0) is 20.1. The lowest BCUT2D eigenvalue weighted by Gasteiger charge is -2.20. The van der Waals surface area contributed by atoms with Gasteiger partial charge in [-0.25, -0.2) is 4.98 Å². The summed E-state index contributed by atoms with van der Waals surface area (Å²) in [5.74, 6) is 2.33. The van der Waals surface area contributed by atoms with Crippen LogP contribution in [0.2, 0.25) is 0 Å². The van der Waals surface area contributed by atoms with E-state index in [1.165, 1.54) is 18.0 Å². The summed E-state index contributed by atoms with van der Waals surface area (Å²) in [7, 11) is 1.53. The van der Waals surface area contributed by atoms with Gasteiger partial charge in [-0.05, 0) is 6.42 Å². The number of nitrogens with two attached hydrogens (primary N) is 1. The maximum atomic E-state index is 12.0. The van der Waals surface area contributed by atoms with Gasteiger partial charge < -0.3 is 29.8 Å². The molecule has 1 aliphatic rings. The first-order valence-electron chi connectivity index (χ1n) is 8.74. The van der Waals surface area contributed by atoms with Gasteiger partial charge in [0.25, 0.3) is 5.56 Å². The van der Waals surface area contributed by atoms with E-state index in [-0.39, 0.29) is 30.3 Å². The number of imidazole rings is 1. The fraction of sp³-hybridized carbons (Fsp3) is 0.588. The van der Waals surface area contributed by atoms with Crippen LogP contribution >= 0.6 is 0 Å². The number of aromatic nitrogens is 4. The predicted octanol–water partition coefficient (Wildman–Crippen LogP) is -0.968. The summed E-state index contributed by atoms with van der Waals surface area (Å²) < 4.78 is 23.6.